The number of benzene rings is 2. The molecule has 0 fully saturated rings. The average molecular weight is 421 g/mol. The molecule has 0 aliphatic rings. The van der Waals surface area contributed by atoms with Gasteiger partial charge in [0.15, 0.2) is 0 Å². The van der Waals surface area contributed by atoms with Crippen LogP contribution in [0.1, 0.15) is 64.2 Å². The maximum absolute atomic E-state index is 12.6. The van der Waals surface area contributed by atoms with Crippen LogP contribution >= 0.6 is 11.3 Å². The van der Waals surface area contributed by atoms with Crippen molar-refractivity contribution in [2.24, 2.45) is 0 Å². The summed E-state index contributed by atoms with van der Waals surface area (Å²) in [5, 5.41) is 7.98. The van der Waals surface area contributed by atoms with Gasteiger partial charge in [0.05, 0.1) is 6.04 Å². The smallest absolute Gasteiger partial charge is 0.251 e. The second-order valence-electron chi connectivity index (χ2n) is 7.66. The van der Waals surface area contributed by atoms with Crippen LogP contribution in [0.2, 0.25) is 0 Å². The van der Waals surface area contributed by atoms with Gasteiger partial charge in [-0.1, -0.05) is 62.4 Å². The molecule has 1 unspecified atom stereocenters. The highest BCUT2D eigenvalue weighted by molar-refractivity contribution is 7.10. The Hall–Kier alpha value is -2.92. The zero-order chi connectivity index (χ0) is 21.5. The first kappa shape index (κ1) is 21.8. The van der Waals surface area contributed by atoms with Gasteiger partial charge in [0.25, 0.3) is 5.91 Å². The number of nitrogens with one attached hydrogen (secondary N) is 2. The van der Waals surface area contributed by atoms with Gasteiger partial charge in [0.1, 0.15) is 0 Å². The van der Waals surface area contributed by atoms with E-state index in [2.05, 4.69) is 48.7 Å². The van der Waals surface area contributed by atoms with Crippen molar-refractivity contribution in [2.45, 2.75) is 39.2 Å². The molecule has 0 aliphatic carbocycles. The molecule has 0 spiro atoms. The van der Waals surface area contributed by atoms with E-state index in [9.17, 15) is 9.59 Å². The average Bonchev–Trinajstić information content (AvgIpc) is 3.27. The molecule has 0 bridgehead atoms. The maximum Gasteiger partial charge on any atom is 0.251 e. The van der Waals surface area contributed by atoms with E-state index in [1.165, 1.54) is 5.56 Å². The number of hydrogen-bond donors (Lipinski definition) is 2. The van der Waals surface area contributed by atoms with Gasteiger partial charge in [0, 0.05) is 23.4 Å². The minimum atomic E-state index is -0.189. The van der Waals surface area contributed by atoms with Crippen molar-refractivity contribution in [3.63, 3.8) is 0 Å². The van der Waals surface area contributed by atoms with Crippen molar-refractivity contribution in [3.8, 4) is 0 Å². The van der Waals surface area contributed by atoms with Gasteiger partial charge in [-0.05, 0) is 47.0 Å². The number of carbonyl (C=O) groups is 2. The molecular weight excluding hydrogens is 392 g/mol. The van der Waals surface area contributed by atoms with E-state index in [-0.39, 0.29) is 24.3 Å². The number of aryl methyl sites for hydroxylation is 1. The predicted octanol–water partition coefficient (Wildman–Crippen LogP) is 5.21. The van der Waals surface area contributed by atoms with Crippen molar-refractivity contribution in [2.75, 3.05) is 6.54 Å². The van der Waals surface area contributed by atoms with Crippen LogP contribution < -0.4 is 10.6 Å². The molecule has 30 heavy (non-hydrogen) atoms. The fraction of sp³-hybridized carbons (Fsp3) is 0.280. The lowest BCUT2D eigenvalue weighted by Crippen LogP contribution is -2.33. The molecule has 0 aliphatic heterocycles. The van der Waals surface area contributed by atoms with Crippen LogP contribution in [-0.4, -0.2) is 18.4 Å². The third kappa shape index (κ3) is 5.57. The van der Waals surface area contributed by atoms with E-state index in [4.69, 9.17) is 0 Å². The molecule has 5 heteroatoms. The molecule has 1 heterocycles. The highest BCUT2D eigenvalue weighted by Gasteiger charge is 2.18. The lowest BCUT2D eigenvalue weighted by atomic mass is 9.98. The van der Waals surface area contributed by atoms with Gasteiger partial charge < -0.3 is 10.6 Å². The number of amides is 2. The summed E-state index contributed by atoms with van der Waals surface area (Å²) in [6, 6.07) is 19.7. The van der Waals surface area contributed by atoms with Gasteiger partial charge >= 0.3 is 0 Å². The summed E-state index contributed by atoms with van der Waals surface area (Å²) in [6.45, 7) is 6.53. The van der Waals surface area contributed by atoms with E-state index >= 15 is 0 Å². The van der Waals surface area contributed by atoms with Crippen LogP contribution in [0.25, 0.3) is 0 Å². The molecule has 156 valence electrons. The fourth-order valence-electron chi connectivity index (χ4n) is 3.29. The van der Waals surface area contributed by atoms with Crippen molar-refractivity contribution in [3.05, 3.63) is 93.2 Å². The van der Waals surface area contributed by atoms with E-state index in [0.717, 1.165) is 16.0 Å². The molecule has 2 N–H and O–H groups in total. The summed E-state index contributed by atoms with van der Waals surface area (Å²) in [4.78, 5) is 26.0. The van der Waals surface area contributed by atoms with Gasteiger partial charge in [-0.25, -0.2) is 0 Å². The minimum absolute atomic E-state index is 0.0913. The van der Waals surface area contributed by atoms with Crippen LogP contribution in [0, 0.1) is 6.92 Å². The Bertz CT molecular complexity index is 979. The zero-order valence-corrected chi connectivity index (χ0v) is 18.5. The summed E-state index contributed by atoms with van der Waals surface area (Å²) >= 11 is 1.62. The largest absolute Gasteiger partial charge is 0.352 e. The maximum atomic E-state index is 12.6. The second kappa shape index (κ2) is 10.2. The van der Waals surface area contributed by atoms with Crippen molar-refractivity contribution in [1.82, 2.24) is 10.6 Å². The first-order valence-electron chi connectivity index (χ1n) is 10.2. The van der Waals surface area contributed by atoms with E-state index < -0.39 is 0 Å². The Morgan fingerprint density at radius 1 is 0.933 bits per heavy atom. The zero-order valence-electron chi connectivity index (χ0n) is 17.6. The van der Waals surface area contributed by atoms with Crippen LogP contribution in [0.15, 0.2) is 66.0 Å². The predicted molar refractivity (Wildman–Crippen MR) is 123 cm³/mol. The standard InChI is InChI=1S/C25H28N2O2S/c1-17(2)19-10-12-20(13-11-19)24(22-9-6-16-30-22)27-23(28)14-15-26-25(29)21-8-5-4-7-18(21)3/h4-13,16-17,24H,14-15H2,1-3H3,(H,26,29)(H,27,28). The molecule has 0 saturated heterocycles. The minimum Gasteiger partial charge on any atom is -0.352 e. The third-order valence-electron chi connectivity index (χ3n) is 5.10. The van der Waals surface area contributed by atoms with E-state index in [1.807, 2.05) is 42.6 Å². The molecule has 4 nitrogen and oxygen atoms in total. The summed E-state index contributed by atoms with van der Waals surface area (Å²) < 4.78 is 0. The molecule has 3 aromatic rings. The topological polar surface area (TPSA) is 58.2 Å². The van der Waals surface area contributed by atoms with Crippen LogP contribution in [0.4, 0.5) is 0 Å². The Balaban J connectivity index is 1.61. The molecule has 3 rings (SSSR count). The highest BCUT2D eigenvalue weighted by Crippen LogP contribution is 2.27. The van der Waals surface area contributed by atoms with Crippen LogP contribution in [0.5, 0.6) is 0 Å². The van der Waals surface area contributed by atoms with Crippen LogP contribution in [-0.2, 0) is 4.79 Å². The Kier molecular flexibility index (Phi) is 7.41. The van der Waals surface area contributed by atoms with Crippen molar-refractivity contribution < 1.29 is 9.59 Å². The molecule has 2 aromatic carbocycles. The van der Waals surface area contributed by atoms with Crippen molar-refractivity contribution in [1.29, 1.82) is 0 Å². The molecule has 2 amide bonds. The number of hydrogen-bond acceptors (Lipinski definition) is 3. The first-order valence-corrected chi connectivity index (χ1v) is 11.1. The summed E-state index contributed by atoms with van der Waals surface area (Å²) in [6.07, 6.45) is 0.226. The highest BCUT2D eigenvalue weighted by atomic mass is 32.1. The summed E-state index contributed by atoms with van der Waals surface area (Å²) in [5.74, 6) is 0.220. The normalized spacial score (nSPS) is 11.9. The quantitative estimate of drug-likeness (QED) is 0.526. The SMILES string of the molecule is Cc1ccccc1C(=O)NCCC(=O)NC(c1ccc(C(C)C)cc1)c1cccs1. The van der Waals surface area contributed by atoms with Gasteiger partial charge in [0.2, 0.25) is 5.91 Å². The molecule has 1 aromatic heterocycles. The van der Waals surface area contributed by atoms with Crippen molar-refractivity contribution >= 4 is 23.2 Å². The molecule has 1 atom stereocenters. The Labute approximate surface area is 182 Å². The number of carbonyl (C=O) groups excluding carboxylic acids is 2. The van der Waals surface area contributed by atoms with E-state index in [0.29, 0.717) is 18.0 Å². The van der Waals surface area contributed by atoms with Crippen LogP contribution in [0.3, 0.4) is 0 Å². The summed E-state index contributed by atoms with van der Waals surface area (Å²) in [7, 11) is 0. The lowest BCUT2D eigenvalue weighted by molar-refractivity contribution is -0.121. The number of thiophene rings is 1. The summed E-state index contributed by atoms with van der Waals surface area (Å²) in [5.41, 5.74) is 3.88. The monoisotopic (exact) mass is 420 g/mol. The Morgan fingerprint density at radius 3 is 2.27 bits per heavy atom. The Morgan fingerprint density at radius 2 is 1.63 bits per heavy atom. The third-order valence-corrected chi connectivity index (χ3v) is 6.03. The fourth-order valence-corrected chi connectivity index (χ4v) is 4.10. The second-order valence-corrected chi connectivity index (χ2v) is 8.64. The van der Waals surface area contributed by atoms with E-state index in [1.54, 1.807) is 17.4 Å². The molecule has 0 saturated carbocycles. The molecular formula is C25H28N2O2S. The van der Waals surface area contributed by atoms with Gasteiger partial charge in [-0.3, -0.25) is 9.59 Å². The van der Waals surface area contributed by atoms with Gasteiger partial charge in [-0.2, -0.15) is 0 Å². The van der Waals surface area contributed by atoms with Gasteiger partial charge in [-0.15, -0.1) is 11.3 Å². The first-order chi connectivity index (χ1) is 14.5. The molecule has 0 radical (unpaired) electrons. The lowest BCUT2D eigenvalue weighted by Gasteiger charge is -2.19. The number of rotatable bonds is 8.